The first kappa shape index (κ1) is 20.7. The fourth-order valence-corrected chi connectivity index (χ4v) is 2.23. The molecule has 0 amide bonds. The Labute approximate surface area is 135 Å². The third kappa shape index (κ3) is 7.13. The van der Waals surface area contributed by atoms with Crippen molar-refractivity contribution in [2.24, 2.45) is 10.7 Å². The Bertz CT molecular complexity index is 462. The Balaban J connectivity index is 0.000000640. The summed E-state index contributed by atoms with van der Waals surface area (Å²) in [7, 11) is 2.09. The zero-order valence-electron chi connectivity index (χ0n) is 13.6. The van der Waals surface area contributed by atoms with E-state index in [9.17, 15) is 0 Å². The molecule has 7 heteroatoms. The normalized spacial score (nSPS) is 17.2. The highest BCUT2D eigenvalue weighted by atomic mass is 32.2. The van der Waals surface area contributed by atoms with Crippen molar-refractivity contribution in [2.45, 2.75) is 32.7 Å². The summed E-state index contributed by atoms with van der Waals surface area (Å²) in [6.45, 7) is 7.94. The van der Waals surface area contributed by atoms with Crippen molar-refractivity contribution in [1.82, 2.24) is 4.90 Å². The van der Waals surface area contributed by atoms with E-state index in [2.05, 4.69) is 41.2 Å². The first-order chi connectivity index (χ1) is 10.4. The van der Waals surface area contributed by atoms with Gasteiger partial charge in [0, 0.05) is 19.6 Å². The Hall–Kier alpha value is -1.28. The maximum Gasteiger partial charge on any atom is 0.108 e. The minimum absolute atomic E-state index is 0.0849. The number of benzene rings is 1. The largest absolute Gasteiger partial charge is 0.750 e. The van der Waals surface area contributed by atoms with E-state index < -0.39 is 11.4 Å². The minimum Gasteiger partial charge on any atom is -0.750 e. The number of aliphatic imine (C=N–C) groups is 1. The monoisotopic (exact) mass is 328 g/mol. The fraction of sp³-hybridized carbons (Fsp3) is 0.533. The van der Waals surface area contributed by atoms with Crippen molar-refractivity contribution >= 4 is 17.2 Å². The SMILES string of the molecule is CC.CC(N)C(C1=NCCN1C)c1ccccc1.O=S([O-])O. The second kappa shape index (κ2) is 11.3. The molecule has 0 saturated heterocycles. The van der Waals surface area contributed by atoms with E-state index in [1.54, 1.807) is 0 Å². The van der Waals surface area contributed by atoms with Crippen molar-refractivity contribution in [3.05, 3.63) is 35.9 Å². The predicted molar refractivity (Wildman–Crippen MR) is 90.7 cm³/mol. The molecule has 3 atom stereocenters. The summed E-state index contributed by atoms with van der Waals surface area (Å²) in [5, 5.41) is 0. The molecule has 0 fully saturated rings. The van der Waals surface area contributed by atoms with Crippen LogP contribution in [0.2, 0.25) is 0 Å². The molecule has 1 aromatic rings. The molecule has 0 bridgehead atoms. The Morgan fingerprint density at radius 1 is 1.36 bits per heavy atom. The second-order valence-corrected chi connectivity index (χ2v) is 5.06. The van der Waals surface area contributed by atoms with Gasteiger partial charge in [-0.2, -0.15) is 0 Å². The molecule has 3 N–H and O–H groups in total. The lowest BCUT2D eigenvalue weighted by Gasteiger charge is -2.26. The standard InChI is InChI=1S/C13H19N3.C2H6.H2O3S/c1-10(14)12(11-6-4-3-5-7-11)13-15-8-9-16(13)2;1-2;1-4(2)3/h3-7,10,12H,8-9,14H2,1-2H3;1-2H3;(H2,1,2,3)/p-1. The molecule has 1 aliphatic heterocycles. The van der Waals surface area contributed by atoms with Gasteiger partial charge in [-0.1, -0.05) is 44.2 Å². The van der Waals surface area contributed by atoms with Gasteiger partial charge in [-0.3, -0.25) is 4.99 Å². The molecule has 1 heterocycles. The van der Waals surface area contributed by atoms with Crippen molar-refractivity contribution in [3.8, 4) is 0 Å². The lowest BCUT2D eigenvalue weighted by molar-refractivity contribution is 0.436. The molecule has 0 aliphatic carbocycles. The quantitative estimate of drug-likeness (QED) is 0.824. The highest BCUT2D eigenvalue weighted by Gasteiger charge is 2.27. The molecule has 0 spiro atoms. The summed E-state index contributed by atoms with van der Waals surface area (Å²) in [5.41, 5.74) is 7.36. The topological polar surface area (TPSA) is 102 Å². The first-order valence-electron chi connectivity index (χ1n) is 7.27. The van der Waals surface area contributed by atoms with E-state index >= 15 is 0 Å². The predicted octanol–water partition coefficient (Wildman–Crippen LogP) is 1.83. The van der Waals surface area contributed by atoms with E-state index in [-0.39, 0.29) is 12.0 Å². The van der Waals surface area contributed by atoms with E-state index in [1.807, 2.05) is 26.8 Å². The number of nitrogens with zero attached hydrogens (tertiary/aromatic N) is 2. The van der Waals surface area contributed by atoms with Gasteiger partial charge in [0.15, 0.2) is 0 Å². The van der Waals surface area contributed by atoms with Crippen molar-refractivity contribution in [1.29, 1.82) is 0 Å². The van der Waals surface area contributed by atoms with E-state index in [4.69, 9.17) is 19.0 Å². The van der Waals surface area contributed by atoms with Crippen LogP contribution in [0.15, 0.2) is 35.3 Å². The van der Waals surface area contributed by atoms with Crippen molar-refractivity contribution < 1.29 is 13.3 Å². The van der Waals surface area contributed by atoms with Gasteiger partial charge in [0.25, 0.3) is 0 Å². The van der Waals surface area contributed by atoms with Crippen LogP contribution >= 0.6 is 0 Å². The average Bonchev–Trinajstić information content (AvgIpc) is 2.88. The van der Waals surface area contributed by atoms with E-state index in [0.717, 1.165) is 18.9 Å². The molecule has 6 nitrogen and oxygen atoms in total. The van der Waals surface area contributed by atoms with Crippen molar-refractivity contribution in [3.63, 3.8) is 0 Å². The van der Waals surface area contributed by atoms with Crippen LogP contribution in [0.4, 0.5) is 0 Å². The van der Waals surface area contributed by atoms with Gasteiger partial charge in [-0.05, 0) is 12.5 Å². The van der Waals surface area contributed by atoms with E-state index in [1.165, 1.54) is 5.56 Å². The van der Waals surface area contributed by atoms with Crippen LogP contribution < -0.4 is 5.73 Å². The van der Waals surface area contributed by atoms with Gasteiger partial charge in [0.1, 0.15) is 5.84 Å². The zero-order chi connectivity index (χ0) is 17.1. The Morgan fingerprint density at radius 2 is 1.86 bits per heavy atom. The Morgan fingerprint density at radius 3 is 2.23 bits per heavy atom. The van der Waals surface area contributed by atoms with Crippen LogP contribution in [-0.4, -0.2) is 50.2 Å². The Kier molecular flexibility index (Phi) is 10.7. The summed E-state index contributed by atoms with van der Waals surface area (Å²) in [5.74, 6) is 1.34. The highest BCUT2D eigenvalue weighted by Crippen LogP contribution is 2.23. The molecule has 3 unspecified atom stereocenters. The number of likely N-dealkylation sites (N-methyl/N-ethyl adjacent to an activating group) is 1. The number of hydrogen-bond acceptors (Lipinski definition) is 5. The lowest BCUT2D eigenvalue weighted by atomic mass is 9.91. The molecule has 22 heavy (non-hydrogen) atoms. The molecule has 2 rings (SSSR count). The first-order valence-corrected chi connectivity index (χ1v) is 8.31. The molecule has 0 aromatic heterocycles. The van der Waals surface area contributed by atoms with Crippen LogP contribution in [0.25, 0.3) is 0 Å². The summed E-state index contributed by atoms with van der Waals surface area (Å²) in [6.07, 6.45) is 0. The smallest absolute Gasteiger partial charge is 0.108 e. The number of amidine groups is 1. The van der Waals surface area contributed by atoms with Gasteiger partial charge in [0.2, 0.25) is 0 Å². The summed E-state index contributed by atoms with van der Waals surface area (Å²) in [6, 6.07) is 10.5. The molecule has 1 aliphatic rings. The molecule has 0 saturated carbocycles. The van der Waals surface area contributed by atoms with Gasteiger partial charge < -0.3 is 19.7 Å². The zero-order valence-corrected chi connectivity index (χ0v) is 14.4. The maximum absolute atomic E-state index is 8.56. The van der Waals surface area contributed by atoms with Gasteiger partial charge >= 0.3 is 0 Å². The summed E-state index contributed by atoms with van der Waals surface area (Å²) in [4.78, 5) is 6.79. The number of hydrogen-bond donors (Lipinski definition) is 2. The van der Waals surface area contributed by atoms with E-state index in [0.29, 0.717) is 0 Å². The van der Waals surface area contributed by atoms with Gasteiger partial charge in [-0.25, -0.2) is 4.21 Å². The lowest BCUT2D eigenvalue weighted by Crippen LogP contribution is -2.37. The third-order valence-electron chi connectivity index (χ3n) is 3.06. The van der Waals surface area contributed by atoms with Crippen LogP contribution in [0.3, 0.4) is 0 Å². The third-order valence-corrected chi connectivity index (χ3v) is 3.06. The minimum atomic E-state index is -2.86. The number of nitrogens with two attached hydrogens (primary N) is 1. The van der Waals surface area contributed by atoms with Gasteiger partial charge in [0.05, 0.1) is 23.8 Å². The molecular formula is C15H26N3O3S-. The summed E-state index contributed by atoms with van der Waals surface area (Å²) < 4.78 is 24.1. The second-order valence-electron chi connectivity index (χ2n) is 4.63. The number of rotatable bonds is 3. The van der Waals surface area contributed by atoms with Crippen LogP contribution in [-0.2, 0) is 11.4 Å². The maximum atomic E-state index is 8.56. The molecule has 0 radical (unpaired) electrons. The summed E-state index contributed by atoms with van der Waals surface area (Å²) >= 11 is -2.86. The van der Waals surface area contributed by atoms with Crippen molar-refractivity contribution in [2.75, 3.05) is 20.1 Å². The average molecular weight is 328 g/mol. The molecule has 126 valence electrons. The molecule has 1 aromatic carbocycles. The van der Waals surface area contributed by atoms with Crippen LogP contribution in [0.1, 0.15) is 32.3 Å². The highest BCUT2D eigenvalue weighted by molar-refractivity contribution is 7.73. The van der Waals surface area contributed by atoms with Crippen LogP contribution in [0, 0.1) is 0 Å². The fourth-order valence-electron chi connectivity index (χ4n) is 2.23. The van der Waals surface area contributed by atoms with Gasteiger partial charge in [-0.15, -0.1) is 0 Å². The van der Waals surface area contributed by atoms with Crippen LogP contribution in [0.5, 0.6) is 0 Å². The molecular weight excluding hydrogens is 302 g/mol.